The van der Waals surface area contributed by atoms with Gasteiger partial charge in [0.1, 0.15) is 23.2 Å². The zero-order valence-corrected chi connectivity index (χ0v) is 18.2. The summed E-state index contributed by atoms with van der Waals surface area (Å²) in [5.74, 6) is 0. The molecule has 0 aliphatic heterocycles. The maximum absolute atomic E-state index is 2.34. The molecule has 0 unspecified atom stereocenters. The van der Waals surface area contributed by atoms with Crippen molar-refractivity contribution in [1.29, 1.82) is 0 Å². The van der Waals surface area contributed by atoms with Crippen LogP contribution in [0.1, 0.15) is 32.6 Å². The first-order valence-corrected chi connectivity index (χ1v) is 11.4. The second-order valence-electron chi connectivity index (χ2n) is 6.60. The summed E-state index contributed by atoms with van der Waals surface area (Å²) in [5.41, 5.74) is 0. The fourth-order valence-corrected chi connectivity index (χ4v) is 8.07. The first kappa shape index (κ1) is 20.9. The second kappa shape index (κ2) is 10.7. The molecule has 0 saturated carbocycles. The number of hydrogen-bond donors (Lipinski definition) is 0. The number of unbranched alkanes of at least 4 members (excludes halogenated alkanes) is 3. The first-order chi connectivity index (χ1) is 12.4. The van der Waals surface area contributed by atoms with Crippen LogP contribution in [0.5, 0.6) is 0 Å². The molecule has 3 rings (SSSR count). The Kier molecular flexibility index (Phi) is 8.55. The van der Waals surface area contributed by atoms with Crippen LogP contribution in [0.25, 0.3) is 0 Å². The van der Waals surface area contributed by atoms with Gasteiger partial charge in [-0.1, -0.05) is 74.4 Å². The highest BCUT2D eigenvalue weighted by atomic mass is 79.9. The van der Waals surface area contributed by atoms with E-state index in [0.29, 0.717) is 0 Å². The summed E-state index contributed by atoms with van der Waals surface area (Å²) in [6, 6.07) is 33.6. The normalized spacial score (nSPS) is 11.0. The van der Waals surface area contributed by atoms with Crippen LogP contribution in [0.3, 0.4) is 0 Å². The van der Waals surface area contributed by atoms with Gasteiger partial charge in [-0.3, -0.25) is 0 Å². The van der Waals surface area contributed by atoms with Crippen molar-refractivity contribution in [3.63, 3.8) is 0 Å². The monoisotopic (exact) mass is 427 g/mol. The predicted molar refractivity (Wildman–Crippen MR) is 124 cm³/mol. The fraction of sp³-hybridized carbons (Fsp3) is 0.250. The molecular weight excluding hydrogens is 399 g/mol. The quantitative estimate of drug-likeness (QED) is 0.299. The summed E-state index contributed by atoms with van der Waals surface area (Å²) in [4.78, 5) is 0. The van der Waals surface area contributed by atoms with Crippen molar-refractivity contribution in [2.75, 3.05) is 6.16 Å². The van der Waals surface area contributed by atoms with E-state index in [-0.39, 0.29) is 17.0 Å². The van der Waals surface area contributed by atoms with Crippen molar-refractivity contribution in [3.05, 3.63) is 91.0 Å². The lowest BCUT2D eigenvalue weighted by Gasteiger charge is -2.27. The SMILES string of the molecule is Br.CCCCCC[P+](c1ccccc1)(c1ccccc1)c1ccccc1. The molecule has 0 N–H and O–H groups in total. The Labute approximate surface area is 169 Å². The molecule has 0 amide bonds. The Morgan fingerprint density at radius 1 is 0.538 bits per heavy atom. The van der Waals surface area contributed by atoms with Gasteiger partial charge in [0, 0.05) is 0 Å². The van der Waals surface area contributed by atoms with Crippen LogP contribution in [0.2, 0.25) is 0 Å². The van der Waals surface area contributed by atoms with Crippen molar-refractivity contribution < 1.29 is 0 Å². The summed E-state index contributed by atoms with van der Waals surface area (Å²) < 4.78 is 0. The molecule has 0 fully saturated rings. The standard InChI is InChI=1S/C24H28P.BrH/c1-2-3-4-14-21-25(22-15-8-5-9-16-22,23-17-10-6-11-18-23)24-19-12-7-13-20-24;/h5-13,15-20H,2-4,14,21H2,1H3;1H/q+1;. The highest BCUT2D eigenvalue weighted by molar-refractivity contribution is 8.93. The van der Waals surface area contributed by atoms with Gasteiger partial charge in [-0.15, -0.1) is 17.0 Å². The molecule has 3 aromatic carbocycles. The maximum atomic E-state index is 2.34. The lowest BCUT2D eigenvalue weighted by atomic mass is 10.2. The van der Waals surface area contributed by atoms with Crippen LogP contribution in [0, 0.1) is 0 Å². The Hall–Kier alpha value is -1.43. The Morgan fingerprint density at radius 2 is 0.923 bits per heavy atom. The van der Waals surface area contributed by atoms with Crippen LogP contribution in [-0.4, -0.2) is 6.16 Å². The van der Waals surface area contributed by atoms with Crippen molar-refractivity contribution in [3.8, 4) is 0 Å². The van der Waals surface area contributed by atoms with Crippen LogP contribution >= 0.6 is 24.2 Å². The molecule has 0 spiro atoms. The predicted octanol–water partition coefficient (Wildman–Crippen LogP) is 6.14. The number of halogens is 1. The van der Waals surface area contributed by atoms with Crippen LogP contribution in [0.4, 0.5) is 0 Å². The van der Waals surface area contributed by atoms with E-state index in [2.05, 4.69) is 97.9 Å². The summed E-state index contributed by atoms with van der Waals surface area (Å²) >= 11 is 0. The molecule has 2 heteroatoms. The molecule has 136 valence electrons. The maximum Gasteiger partial charge on any atom is 0.112 e. The fourth-order valence-electron chi connectivity index (χ4n) is 3.66. The summed E-state index contributed by atoms with van der Waals surface area (Å²) in [6.45, 7) is 2.29. The molecule has 0 aliphatic carbocycles. The molecule has 0 aromatic heterocycles. The third-order valence-electron chi connectivity index (χ3n) is 4.94. The summed E-state index contributed by atoms with van der Waals surface area (Å²) in [5, 5.41) is 4.51. The first-order valence-electron chi connectivity index (χ1n) is 9.43. The van der Waals surface area contributed by atoms with E-state index in [4.69, 9.17) is 0 Å². The van der Waals surface area contributed by atoms with Crippen molar-refractivity contribution in [2.24, 2.45) is 0 Å². The third-order valence-corrected chi connectivity index (χ3v) is 9.46. The number of rotatable bonds is 8. The largest absolute Gasteiger partial charge is 0.114 e. The van der Waals surface area contributed by atoms with Gasteiger partial charge >= 0.3 is 0 Å². The summed E-state index contributed by atoms with van der Waals surface area (Å²) in [6.07, 6.45) is 6.49. The van der Waals surface area contributed by atoms with Gasteiger partial charge in [0.15, 0.2) is 0 Å². The van der Waals surface area contributed by atoms with Gasteiger partial charge in [0.2, 0.25) is 0 Å². The highest BCUT2D eigenvalue weighted by Crippen LogP contribution is 2.55. The Bertz CT molecular complexity index is 644. The lowest BCUT2D eigenvalue weighted by Crippen LogP contribution is -2.33. The second-order valence-corrected chi connectivity index (χ2v) is 10.2. The van der Waals surface area contributed by atoms with Gasteiger partial charge < -0.3 is 0 Å². The van der Waals surface area contributed by atoms with Crippen molar-refractivity contribution >= 4 is 40.2 Å². The zero-order chi connectivity index (χ0) is 17.4. The van der Waals surface area contributed by atoms with Crippen LogP contribution in [0.15, 0.2) is 91.0 Å². The van der Waals surface area contributed by atoms with E-state index in [1.807, 2.05) is 0 Å². The third kappa shape index (κ3) is 4.64. The van der Waals surface area contributed by atoms with Gasteiger partial charge in [0.25, 0.3) is 0 Å². The summed E-state index contributed by atoms with van der Waals surface area (Å²) in [7, 11) is -1.59. The molecule has 0 bridgehead atoms. The van der Waals surface area contributed by atoms with Crippen LogP contribution in [-0.2, 0) is 0 Å². The minimum absolute atomic E-state index is 0. The number of benzene rings is 3. The minimum Gasteiger partial charge on any atom is -0.114 e. The molecule has 0 heterocycles. The van der Waals surface area contributed by atoms with E-state index in [9.17, 15) is 0 Å². The van der Waals surface area contributed by atoms with E-state index >= 15 is 0 Å². The molecule has 3 aromatic rings. The molecule has 0 nitrogen and oxygen atoms in total. The average molecular weight is 428 g/mol. The molecule has 0 radical (unpaired) electrons. The molecule has 0 atom stereocenters. The zero-order valence-electron chi connectivity index (χ0n) is 15.6. The topological polar surface area (TPSA) is 0 Å². The van der Waals surface area contributed by atoms with Gasteiger partial charge in [-0.2, -0.15) is 0 Å². The van der Waals surface area contributed by atoms with Crippen molar-refractivity contribution in [2.45, 2.75) is 32.6 Å². The van der Waals surface area contributed by atoms with Gasteiger partial charge in [-0.25, -0.2) is 0 Å². The van der Waals surface area contributed by atoms with Gasteiger partial charge in [0.05, 0.1) is 6.16 Å². The van der Waals surface area contributed by atoms with Gasteiger partial charge in [-0.05, 0) is 49.2 Å². The van der Waals surface area contributed by atoms with E-state index in [0.717, 1.165) is 0 Å². The average Bonchev–Trinajstić information content (AvgIpc) is 2.70. The van der Waals surface area contributed by atoms with Crippen molar-refractivity contribution in [1.82, 2.24) is 0 Å². The number of hydrogen-bond acceptors (Lipinski definition) is 0. The van der Waals surface area contributed by atoms with E-state index < -0.39 is 7.26 Å². The molecule has 26 heavy (non-hydrogen) atoms. The highest BCUT2D eigenvalue weighted by Gasteiger charge is 2.44. The van der Waals surface area contributed by atoms with E-state index in [1.54, 1.807) is 0 Å². The van der Waals surface area contributed by atoms with Crippen LogP contribution < -0.4 is 15.9 Å². The molecule has 0 saturated heterocycles. The Balaban J connectivity index is 0.00000243. The minimum atomic E-state index is -1.59. The molecular formula is C24H29BrP+. The Morgan fingerprint density at radius 3 is 1.27 bits per heavy atom. The van der Waals surface area contributed by atoms with E-state index in [1.165, 1.54) is 47.8 Å². The smallest absolute Gasteiger partial charge is 0.112 e. The molecule has 0 aliphatic rings. The lowest BCUT2D eigenvalue weighted by molar-refractivity contribution is 0.705.